The van der Waals surface area contributed by atoms with Gasteiger partial charge in [-0.05, 0) is 34.5 Å². The van der Waals surface area contributed by atoms with Crippen LogP contribution in [0.2, 0.25) is 0 Å². The van der Waals surface area contributed by atoms with Crippen LogP contribution in [0.1, 0.15) is 15.9 Å². The largest absolute Gasteiger partial charge is 0.384 e. The van der Waals surface area contributed by atoms with Crippen LogP contribution in [0.4, 0.5) is 0 Å². The number of rotatable bonds is 4. The Hall–Kier alpha value is -2.66. The standard InChI is InChI=1S/C17H14N2O2S/c18-16(19-21-17(20)12-6-2-1-3-7-12)10-13-11-22-15-9-5-4-8-14(13)15/h1-9,11H,10H2,(H2,18,19). The summed E-state index contributed by atoms with van der Waals surface area (Å²) in [7, 11) is 0. The maximum absolute atomic E-state index is 11.8. The molecule has 0 radical (unpaired) electrons. The van der Waals surface area contributed by atoms with Crippen molar-refractivity contribution in [3.63, 3.8) is 0 Å². The quantitative estimate of drug-likeness (QED) is 0.347. The summed E-state index contributed by atoms with van der Waals surface area (Å²) < 4.78 is 1.20. The third kappa shape index (κ3) is 3.15. The number of amidine groups is 1. The van der Waals surface area contributed by atoms with Crippen LogP contribution in [0.5, 0.6) is 0 Å². The molecule has 0 aliphatic heterocycles. The highest BCUT2D eigenvalue weighted by atomic mass is 32.1. The number of benzene rings is 2. The predicted molar refractivity (Wildman–Crippen MR) is 89.0 cm³/mol. The number of hydrogen-bond donors (Lipinski definition) is 1. The highest BCUT2D eigenvalue weighted by Crippen LogP contribution is 2.25. The molecule has 5 heteroatoms. The van der Waals surface area contributed by atoms with Gasteiger partial charge in [0.25, 0.3) is 0 Å². The van der Waals surface area contributed by atoms with Crippen LogP contribution >= 0.6 is 11.3 Å². The van der Waals surface area contributed by atoms with Crippen LogP contribution in [-0.4, -0.2) is 11.8 Å². The number of carbonyl (C=O) groups excluding carboxylic acids is 1. The molecule has 2 N–H and O–H groups in total. The highest BCUT2D eigenvalue weighted by Gasteiger charge is 2.08. The van der Waals surface area contributed by atoms with E-state index in [2.05, 4.69) is 11.2 Å². The van der Waals surface area contributed by atoms with Gasteiger partial charge >= 0.3 is 5.97 Å². The molecule has 0 amide bonds. The summed E-state index contributed by atoms with van der Waals surface area (Å²) in [4.78, 5) is 16.7. The van der Waals surface area contributed by atoms with Crippen LogP contribution in [0.15, 0.2) is 65.1 Å². The Morgan fingerprint density at radius 3 is 2.64 bits per heavy atom. The van der Waals surface area contributed by atoms with E-state index in [-0.39, 0.29) is 5.84 Å². The van der Waals surface area contributed by atoms with Crippen LogP contribution in [0.3, 0.4) is 0 Å². The summed E-state index contributed by atoms with van der Waals surface area (Å²) >= 11 is 1.66. The topological polar surface area (TPSA) is 64.7 Å². The fourth-order valence-electron chi connectivity index (χ4n) is 2.12. The Morgan fingerprint density at radius 1 is 1.09 bits per heavy atom. The fraction of sp³-hybridized carbons (Fsp3) is 0.0588. The van der Waals surface area contributed by atoms with E-state index in [1.165, 1.54) is 4.70 Å². The van der Waals surface area contributed by atoms with Gasteiger partial charge in [-0.3, -0.25) is 0 Å². The Labute approximate surface area is 131 Å². The average molecular weight is 310 g/mol. The zero-order valence-corrected chi connectivity index (χ0v) is 12.5. The summed E-state index contributed by atoms with van der Waals surface area (Å²) in [5.74, 6) is -0.244. The van der Waals surface area contributed by atoms with Gasteiger partial charge in [0.05, 0.1) is 5.56 Å². The van der Waals surface area contributed by atoms with Gasteiger partial charge in [-0.2, -0.15) is 0 Å². The first kappa shape index (κ1) is 14.3. The van der Waals surface area contributed by atoms with Crippen molar-refractivity contribution in [1.82, 2.24) is 0 Å². The molecule has 0 fully saturated rings. The lowest BCUT2D eigenvalue weighted by Crippen LogP contribution is -2.16. The second-order valence-corrected chi connectivity index (χ2v) is 5.67. The van der Waals surface area contributed by atoms with Gasteiger partial charge in [-0.25, -0.2) is 4.79 Å². The fourth-order valence-corrected chi connectivity index (χ4v) is 3.09. The predicted octanol–water partition coefficient (Wildman–Crippen LogP) is 3.57. The molecule has 0 saturated carbocycles. The minimum absolute atomic E-state index is 0.271. The van der Waals surface area contributed by atoms with Crippen LogP contribution < -0.4 is 5.73 Å². The van der Waals surface area contributed by atoms with Crippen molar-refractivity contribution < 1.29 is 9.63 Å². The van der Waals surface area contributed by atoms with E-state index in [9.17, 15) is 4.79 Å². The van der Waals surface area contributed by atoms with E-state index in [0.29, 0.717) is 12.0 Å². The zero-order valence-electron chi connectivity index (χ0n) is 11.7. The SMILES string of the molecule is NC(Cc1csc2ccccc12)=NOC(=O)c1ccccc1. The Balaban J connectivity index is 1.69. The van der Waals surface area contributed by atoms with Gasteiger partial charge in [0.2, 0.25) is 0 Å². The maximum atomic E-state index is 11.8. The number of carbonyl (C=O) groups is 1. The lowest BCUT2D eigenvalue weighted by Gasteiger charge is -2.01. The molecule has 3 rings (SSSR count). The zero-order chi connectivity index (χ0) is 15.4. The van der Waals surface area contributed by atoms with Crippen molar-refractivity contribution in [1.29, 1.82) is 0 Å². The Bertz CT molecular complexity index is 825. The van der Waals surface area contributed by atoms with Gasteiger partial charge in [-0.1, -0.05) is 41.6 Å². The first-order valence-electron chi connectivity index (χ1n) is 6.78. The molecule has 110 valence electrons. The molecular formula is C17H14N2O2S. The number of hydrogen-bond acceptors (Lipinski definition) is 4. The lowest BCUT2D eigenvalue weighted by atomic mass is 10.1. The molecule has 1 aromatic heterocycles. The monoisotopic (exact) mass is 310 g/mol. The van der Waals surface area contributed by atoms with E-state index in [1.807, 2.05) is 29.6 Å². The molecule has 0 aliphatic rings. The third-order valence-corrected chi connectivity index (χ3v) is 4.20. The van der Waals surface area contributed by atoms with Gasteiger partial charge in [0.15, 0.2) is 0 Å². The van der Waals surface area contributed by atoms with E-state index in [1.54, 1.807) is 35.6 Å². The molecule has 0 spiro atoms. The van der Waals surface area contributed by atoms with Crippen molar-refractivity contribution in [2.75, 3.05) is 0 Å². The van der Waals surface area contributed by atoms with Crippen molar-refractivity contribution in [2.24, 2.45) is 10.9 Å². The van der Waals surface area contributed by atoms with Crippen LogP contribution in [0, 0.1) is 0 Å². The smallest absolute Gasteiger partial charge is 0.365 e. The number of nitrogens with zero attached hydrogens (tertiary/aromatic N) is 1. The minimum atomic E-state index is -0.515. The highest BCUT2D eigenvalue weighted by molar-refractivity contribution is 7.17. The van der Waals surface area contributed by atoms with Crippen molar-refractivity contribution in [2.45, 2.75) is 6.42 Å². The molecule has 1 heterocycles. The Morgan fingerprint density at radius 2 is 1.82 bits per heavy atom. The summed E-state index contributed by atoms with van der Waals surface area (Å²) in [6, 6.07) is 16.8. The lowest BCUT2D eigenvalue weighted by molar-refractivity contribution is 0.0515. The second-order valence-electron chi connectivity index (χ2n) is 4.76. The molecule has 0 bridgehead atoms. The summed E-state index contributed by atoms with van der Waals surface area (Å²) in [6.07, 6.45) is 0.450. The molecule has 0 atom stereocenters. The molecule has 0 aliphatic carbocycles. The van der Waals surface area contributed by atoms with Crippen molar-refractivity contribution in [3.8, 4) is 0 Å². The van der Waals surface area contributed by atoms with E-state index in [4.69, 9.17) is 10.6 Å². The van der Waals surface area contributed by atoms with Gasteiger partial charge in [0.1, 0.15) is 5.84 Å². The first-order chi connectivity index (χ1) is 10.7. The van der Waals surface area contributed by atoms with Gasteiger partial charge < -0.3 is 10.6 Å². The van der Waals surface area contributed by atoms with Gasteiger partial charge in [0, 0.05) is 11.1 Å². The molecule has 22 heavy (non-hydrogen) atoms. The maximum Gasteiger partial charge on any atom is 0.365 e. The third-order valence-electron chi connectivity index (χ3n) is 3.19. The van der Waals surface area contributed by atoms with Gasteiger partial charge in [-0.15, -0.1) is 11.3 Å². The summed E-state index contributed by atoms with van der Waals surface area (Å²) in [5, 5.41) is 6.93. The van der Waals surface area contributed by atoms with E-state index >= 15 is 0 Å². The average Bonchev–Trinajstić information content (AvgIpc) is 2.97. The Kier molecular flexibility index (Phi) is 4.16. The van der Waals surface area contributed by atoms with E-state index < -0.39 is 5.97 Å². The molecule has 2 aromatic carbocycles. The number of fused-ring (bicyclic) bond motifs is 1. The summed E-state index contributed by atoms with van der Waals surface area (Å²) in [5.41, 5.74) is 7.39. The second kappa shape index (κ2) is 6.41. The van der Waals surface area contributed by atoms with Crippen molar-refractivity contribution in [3.05, 3.63) is 71.1 Å². The van der Waals surface area contributed by atoms with Crippen LogP contribution in [0.25, 0.3) is 10.1 Å². The molecular weight excluding hydrogens is 296 g/mol. The van der Waals surface area contributed by atoms with Crippen molar-refractivity contribution >= 4 is 33.2 Å². The number of thiophene rings is 1. The van der Waals surface area contributed by atoms with E-state index in [0.717, 1.165) is 10.9 Å². The molecule has 3 aromatic rings. The number of oxime groups is 1. The molecule has 4 nitrogen and oxygen atoms in total. The number of nitrogens with two attached hydrogens (primary N) is 1. The molecule has 0 unspecified atom stereocenters. The van der Waals surface area contributed by atoms with Crippen LogP contribution in [-0.2, 0) is 11.3 Å². The summed E-state index contributed by atoms with van der Waals surface area (Å²) in [6.45, 7) is 0. The first-order valence-corrected chi connectivity index (χ1v) is 7.66. The minimum Gasteiger partial charge on any atom is -0.384 e. The normalized spacial score (nSPS) is 11.5. The molecule has 0 saturated heterocycles.